The van der Waals surface area contributed by atoms with Crippen LogP contribution in [0.3, 0.4) is 0 Å². The van der Waals surface area contributed by atoms with E-state index in [1.54, 1.807) is 25.3 Å². The Balaban J connectivity index is 1.28. The molecule has 1 spiro atoms. The molecule has 13 heteroatoms. The van der Waals surface area contributed by atoms with E-state index in [1.807, 2.05) is 19.1 Å². The van der Waals surface area contributed by atoms with Gasteiger partial charge in [-0.3, -0.25) is 10.1 Å². The minimum atomic E-state index is -3.58. The zero-order valence-corrected chi connectivity index (χ0v) is 29.9. The van der Waals surface area contributed by atoms with Gasteiger partial charge in [-0.1, -0.05) is 36.7 Å². The first kappa shape index (κ1) is 34.4. The van der Waals surface area contributed by atoms with Crippen LogP contribution >= 0.6 is 11.6 Å². The summed E-state index contributed by atoms with van der Waals surface area (Å²) in [4.78, 5) is 37.3. The molecule has 3 aromatic rings. The molecule has 2 aromatic carbocycles. The number of carbonyl (C=O) groups excluding carboxylic acids is 2. The van der Waals surface area contributed by atoms with Gasteiger partial charge in [0.15, 0.2) is 0 Å². The highest BCUT2D eigenvalue weighted by atomic mass is 35.5. The molecule has 2 aliphatic carbocycles. The minimum absolute atomic E-state index is 0.0377. The summed E-state index contributed by atoms with van der Waals surface area (Å²) < 4.78 is 33.7. The van der Waals surface area contributed by atoms with Crippen LogP contribution < -0.4 is 19.7 Å². The van der Waals surface area contributed by atoms with Crippen LogP contribution in [0.15, 0.2) is 71.4 Å². The average molecular weight is 719 g/mol. The molecule has 50 heavy (non-hydrogen) atoms. The molecule has 1 fully saturated rings. The first-order valence-electron chi connectivity index (χ1n) is 17.3. The zero-order valence-electron chi connectivity index (χ0n) is 28.3. The topological polar surface area (TPSA) is 135 Å². The number of rotatable bonds is 3. The fraction of sp³-hybridized carbons (Fsp3) is 0.459. The zero-order chi connectivity index (χ0) is 34.9. The molecule has 2 N–H and O–H groups in total. The van der Waals surface area contributed by atoms with Gasteiger partial charge in [-0.05, 0) is 104 Å². The molecular weight excluding hydrogens is 676 g/mol. The van der Waals surface area contributed by atoms with E-state index in [2.05, 4.69) is 53.6 Å². The third-order valence-electron chi connectivity index (χ3n) is 10.6. The van der Waals surface area contributed by atoms with Crippen molar-refractivity contribution >= 4 is 45.1 Å². The fourth-order valence-corrected chi connectivity index (χ4v) is 10.0. The number of aromatic nitrogens is 2. The number of hydrogen-bond donors (Lipinski definition) is 2. The number of anilines is 2. The lowest BCUT2D eigenvalue weighted by Gasteiger charge is -2.46. The summed E-state index contributed by atoms with van der Waals surface area (Å²) in [5, 5.41) is 3.22. The van der Waals surface area contributed by atoms with E-state index in [-0.39, 0.29) is 34.7 Å². The Morgan fingerprint density at radius 1 is 1.16 bits per heavy atom. The van der Waals surface area contributed by atoms with Crippen molar-refractivity contribution in [3.8, 4) is 5.75 Å². The molecule has 4 aliphatic rings. The van der Waals surface area contributed by atoms with E-state index in [0.717, 1.165) is 49.4 Å². The summed E-state index contributed by atoms with van der Waals surface area (Å²) in [5.74, 6) is 0.542. The van der Waals surface area contributed by atoms with E-state index in [9.17, 15) is 13.8 Å². The molecule has 264 valence electrons. The molecule has 1 aromatic heterocycles. The summed E-state index contributed by atoms with van der Waals surface area (Å²) in [6.45, 7) is 3.89. The van der Waals surface area contributed by atoms with Crippen molar-refractivity contribution < 1.29 is 23.3 Å². The van der Waals surface area contributed by atoms with Crippen molar-refractivity contribution in [3.05, 3.63) is 88.7 Å². The predicted octanol–water partition coefficient (Wildman–Crippen LogP) is 6.59. The van der Waals surface area contributed by atoms with Crippen LogP contribution in [0, 0.1) is 17.8 Å². The standard InChI is InChI=1S/C37H43ClN6O5S/c1-24-6-3-8-32(48-2)29-12-9-27(29)20-44-22-37(15-4-7-25-18-28(38)11-13-30(25)37)23-49-33-14-10-26(19-31(33)44)34(45)42-50(47,21-24)43-36(46)41-35-39-16-5-17-40-35/h3,5,8,10-11,13-14,16-19,24,27,29,32H,4,6-7,9,12,15,20-23H2,1-2H3,(H2,39,40,41,42,43,45,46,47)/b8-3+/t24-,27-,29+,32-,37-,50-/m0/s1. The molecule has 0 radical (unpaired) electrons. The summed E-state index contributed by atoms with van der Waals surface area (Å²) in [6, 6.07) is 12.3. The lowest BCUT2D eigenvalue weighted by molar-refractivity contribution is 0.0131. The van der Waals surface area contributed by atoms with Gasteiger partial charge in [0.05, 0.1) is 24.2 Å². The van der Waals surface area contributed by atoms with E-state index < -0.39 is 21.9 Å². The van der Waals surface area contributed by atoms with Gasteiger partial charge in [-0.25, -0.2) is 23.7 Å². The lowest BCUT2D eigenvalue weighted by atomic mass is 9.68. The van der Waals surface area contributed by atoms with Crippen LogP contribution in [0.2, 0.25) is 5.02 Å². The number of ether oxygens (including phenoxy) is 2. The first-order valence-corrected chi connectivity index (χ1v) is 19.3. The van der Waals surface area contributed by atoms with Crippen LogP contribution in [0.5, 0.6) is 5.75 Å². The van der Waals surface area contributed by atoms with Crippen LogP contribution in [0.25, 0.3) is 0 Å². The second-order valence-electron chi connectivity index (χ2n) is 14.1. The maximum absolute atomic E-state index is 14.4. The van der Waals surface area contributed by atoms with Gasteiger partial charge in [0.1, 0.15) is 15.7 Å². The Kier molecular flexibility index (Phi) is 9.87. The van der Waals surface area contributed by atoms with Gasteiger partial charge < -0.3 is 14.4 Å². The monoisotopic (exact) mass is 718 g/mol. The van der Waals surface area contributed by atoms with Crippen molar-refractivity contribution in [1.29, 1.82) is 0 Å². The summed E-state index contributed by atoms with van der Waals surface area (Å²) in [7, 11) is -1.82. The molecule has 2 aliphatic heterocycles. The smallest absolute Gasteiger partial charge is 0.334 e. The van der Waals surface area contributed by atoms with Gasteiger partial charge in [0.2, 0.25) is 5.95 Å². The third kappa shape index (κ3) is 7.24. The lowest BCUT2D eigenvalue weighted by Crippen LogP contribution is -2.49. The number of allylic oxidation sites excluding steroid dienone is 1. The van der Waals surface area contributed by atoms with Crippen LogP contribution in [0.4, 0.5) is 16.4 Å². The number of benzene rings is 2. The number of methoxy groups -OCH3 is 1. The average Bonchev–Trinajstić information content (AvgIpc) is 3.22. The SMILES string of the molecule is CO[C@H]1/C=C/C[C@H](C)C[S@@](=O)(NC(=O)Nc2ncccn2)=NC(=O)c2ccc3c(c2)N(C[C@@H]2CC[C@H]21)C[C@@]1(CCCc2cc(Cl)ccc21)CO3. The Morgan fingerprint density at radius 2 is 2.00 bits per heavy atom. The first-order chi connectivity index (χ1) is 24.1. The molecule has 2 bridgehead atoms. The quantitative estimate of drug-likeness (QED) is 0.290. The maximum Gasteiger partial charge on any atom is 0.334 e. The van der Waals surface area contributed by atoms with Crippen molar-refractivity contribution in [2.75, 3.05) is 42.8 Å². The van der Waals surface area contributed by atoms with Gasteiger partial charge in [-0.2, -0.15) is 0 Å². The van der Waals surface area contributed by atoms with Gasteiger partial charge >= 0.3 is 6.03 Å². The predicted molar refractivity (Wildman–Crippen MR) is 194 cm³/mol. The Hall–Kier alpha value is -4.00. The van der Waals surface area contributed by atoms with Crippen LogP contribution in [-0.4, -0.2) is 64.8 Å². The number of nitrogens with zero attached hydrogens (tertiary/aromatic N) is 4. The van der Waals surface area contributed by atoms with Crippen molar-refractivity contribution in [2.45, 2.75) is 57.0 Å². The summed E-state index contributed by atoms with van der Waals surface area (Å²) >= 11 is 6.45. The molecule has 11 nitrogen and oxygen atoms in total. The molecule has 0 saturated heterocycles. The van der Waals surface area contributed by atoms with Gasteiger partial charge in [0, 0.05) is 48.6 Å². The fourth-order valence-electron chi connectivity index (χ4n) is 8.00. The van der Waals surface area contributed by atoms with Gasteiger partial charge in [0.25, 0.3) is 5.91 Å². The molecule has 3 amide bonds. The van der Waals surface area contributed by atoms with Crippen molar-refractivity contribution in [2.24, 2.45) is 22.1 Å². The van der Waals surface area contributed by atoms with Gasteiger partial charge in [-0.15, -0.1) is 4.36 Å². The largest absolute Gasteiger partial charge is 0.490 e. The van der Waals surface area contributed by atoms with Crippen LogP contribution in [-0.2, 0) is 26.5 Å². The van der Waals surface area contributed by atoms with Crippen molar-refractivity contribution in [3.63, 3.8) is 0 Å². The molecule has 7 rings (SSSR count). The molecular formula is C37H43ClN6O5S. The number of fused-ring (bicyclic) bond motifs is 4. The Bertz CT molecular complexity index is 1920. The van der Waals surface area contributed by atoms with E-state index in [1.165, 1.54) is 23.5 Å². The molecule has 0 unspecified atom stereocenters. The number of aryl methyl sites for hydroxylation is 1. The van der Waals surface area contributed by atoms with E-state index in [0.29, 0.717) is 37.2 Å². The van der Waals surface area contributed by atoms with Crippen LogP contribution in [0.1, 0.15) is 60.5 Å². The second-order valence-corrected chi connectivity index (χ2v) is 16.5. The normalized spacial score (nSPS) is 30.0. The Labute approximate surface area is 298 Å². The highest BCUT2D eigenvalue weighted by molar-refractivity contribution is 7.92. The number of carbonyl (C=O) groups is 2. The van der Waals surface area contributed by atoms with Crippen molar-refractivity contribution in [1.82, 2.24) is 14.7 Å². The number of amides is 3. The third-order valence-corrected chi connectivity index (χ3v) is 12.8. The highest BCUT2D eigenvalue weighted by Gasteiger charge is 2.44. The number of hydrogen-bond acceptors (Lipinski definition) is 8. The van der Waals surface area contributed by atoms with E-state index >= 15 is 0 Å². The molecule has 6 atom stereocenters. The number of urea groups is 1. The second kappa shape index (κ2) is 14.3. The number of nitrogens with one attached hydrogen (secondary N) is 2. The molecule has 1 saturated carbocycles. The Morgan fingerprint density at radius 3 is 2.78 bits per heavy atom. The number of halogens is 1. The summed E-state index contributed by atoms with van der Waals surface area (Å²) in [6.07, 6.45) is 12.7. The maximum atomic E-state index is 14.4. The minimum Gasteiger partial charge on any atom is -0.490 e. The highest BCUT2D eigenvalue weighted by Crippen LogP contribution is 2.47. The molecule has 3 heterocycles. The van der Waals surface area contributed by atoms with E-state index in [4.69, 9.17) is 21.1 Å². The summed E-state index contributed by atoms with van der Waals surface area (Å²) in [5.41, 5.74) is 3.33.